The summed E-state index contributed by atoms with van der Waals surface area (Å²) in [6.07, 6.45) is 1.14. The zero-order valence-corrected chi connectivity index (χ0v) is 9.67. The van der Waals surface area contributed by atoms with Gasteiger partial charge in [0.2, 0.25) is 0 Å². The molecule has 78 valence electrons. The van der Waals surface area contributed by atoms with Crippen LogP contribution in [0.1, 0.15) is 45.7 Å². The molecule has 1 unspecified atom stereocenters. The zero-order chi connectivity index (χ0) is 10.6. The van der Waals surface area contributed by atoms with E-state index in [-0.39, 0.29) is 5.54 Å². The van der Waals surface area contributed by atoms with E-state index >= 15 is 0 Å². The molecule has 1 nitrogen and oxygen atoms in total. The molecule has 14 heavy (non-hydrogen) atoms. The Labute approximate surface area is 87.5 Å². The third-order valence-corrected chi connectivity index (χ3v) is 2.79. The molecule has 0 aliphatic rings. The van der Waals surface area contributed by atoms with Crippen molar-refractivity contribution in [3.63, 3.8) is 0 Å². The highest BCUT2D eigenvalue weighted by Crippen LogP contribution is 2.17. The molecular formula is C13H21N. The average Bonchev–Trinajstić information content (AvgIpc) is 2.19. The first-order valence-corrected chi connectivity index (χ1v) is 5.38. The summed E-state index contributed by atoms with van der Waals surface area (Å²) in [4.78, 5) is 0. The lowest BCUT2D eigenvalue weighted by Gasteiger charge is -2.29. The number of rotatable bonds is 4. The summed E-state index contributed by atoms with van der Waals surface area (Å²) in [6, 6.07) is 11.0. The highest BCUT2D eigenvalue weighted by molar-refractivity contribution is 5.18. The summed E-state index contributed by atoms with van der Waals surface area (Å²) in [7, 11) is 0. The van der Waals surface area contributed by atoms with Crippen LogP contribution in [-0.4, -0.2) is 5.54 Å². The third-order valence-electron chi connectivity index (χ3n) is 2.79. The van der Waals surface area contributed by atoms with Crippen molar-refractivity contribution in [2.45, 2.75) is 45.7 Å². The second-order valence-corrected chi connectivity index (χ2v) is 4.51. The van der Waals surface area contributed by atoms with Crippen molar-refractivity contribution in [3.8, 4) is 0 Å². The van der Waals surface area contributed by atoms with Crippen molar-refractivity contribution in [1.29, 1.82) is 0 Å². The summed E-state index contributed by atoms with van der Waals surface area (Å²) >= 11 is 0. The molecule has 0 aromatic heterocycles. The second kappa shape index (κ2) is 4.61. The van der Waals surface area contributed by atoms with Gasteiger partial charge in [0.15, 0.2) is 0 Å². The molecule has 0 radical (unpaired) electrons. The molecule has 0 amide bonds. The maximum atomic E-state index is 3.62. The molecule has 1 N–H and O–H groups in total. The first-order valence-electron chi connectivity index (χ1n) is 5.38. The van der Waals surface area contributed by atoms with E-state index in [0.29, 0.717) is 6.04 Å². The van der Waals surface area contributed by atoms with Gasteiger partial charge in [-0.2, -0.15) is 0 Å². The molecule has 1 aromatic carbocycles. The smallest absolute Gasteiger partial charge is 0.0296 e. The van der Waals surface area contributed by atoms with Crippen molar-refractivity contribution < 1.29 is 0 Å². The van der Waals surface area contributed by atoms with Gasteiger partial charge in [0.05, 0.1) is 0 Å². The lowest BCUT2D eigenvalue weighted by Crippen LogP contribution is -2.40. The van der Waals surface area contributed by atoms with E-state index < -0.39 is 0 Å². The molecule has 0 heterocycles. The van der Waals surface area contributed by atoms with Crippen molar-refractivity contribution >= 4 is 0 Å². The summed E-state index contributed by atoms with van der Waals surface area (Å²) in [6.45, 7) is 8.91. The molecule has 0 aliphatic heterocycles. The Hall–Kier alpha value is -0.820. The maximum absolute atomic E-state index is 3.62. The van der Waals surface area contributed by atoms with Crippen LogP contribution >= 0.6 is 0 Å². The summed E-state index contributed by atoms with van der Waals surface area (Å²) in [5.41, 5.74) is 1.57. The van der Waals surface area contributed by atoms with Gasteiger partial charge >= 0.3 is 0 Å². The summed E-state index contributed by atoms with van der Waals surface area (Å²) in [5, 5.41) is 3.62. The van der Waals surface area contributed by atoms with Crippen molar-refractivity contribution in [1.82, 2.24) is 5.32 Å². The van der Waals surface area contributed by atoms with Gasteiger partial charge in [-0.15, -0.1) is 0 Å². The Kier molecular flexibility index (Phi) is 3.70. The number of nitrogens with one attached hydrogen (secondary N) is 1. The topological polar surface area (TPSA) is 12.0 Å². The molecule has 1 rings (SSSR count). The Morgan fingerprint density at radius 3 is 2.29 bits per heavy atom. The van der Waals surface area contributed by atoms with Crippen LogP contribution in [0.25, 0.3) is 0 Å². The van der Waals surface area contributed by atoms with Crippen LogP contribution in [0.2, 0.25) is 0 Å². The molecule has 0 bridgehead atoms. The average molecular weight is 191 g/mol. The van der Waals surface area contributed by atoms with E-state index in [1.54, 1.807) is 0 Å². The maximum Gasteiger partial charge on any atom is 0.0296 e. The Balaban J connectivity index is 2.64. The highest BCUT2D eigenvalue weighted by Gasteiger charge is 2.17. The fraction of sp³-hybridized carbons (Fsp3) is 0.538. The van der Waals surface area contributed by atoms with Crippen LogP contribution in [0.15, 0.2) is 30.3 Å². The number of hydrogen-bond acceptors (Lipinski definition) is 1. The molecule has 0 spiro atoms. The van der Waals surface area contributed by atoms with Gasteiger partial charge in [0.25, 0.3) is 0 Å². The van der Waals surface area contributed by atoms with E-state index in [1.165, 1.54) is 5.56 Å². The number of benzene rings is 1. The minimum Gasteiger partial charge on any atom is -0.305 e. The van der Waals surface area contributed by atoms with Crippen molar-refractivity contribution in [2.24, 2.45) is 0 Å². The molecular weight excluding hydrogens is 170 g/mol. The van der Waals surface area contributed by atoms with E-state index in [0.717, 1.165) is 6.42 Å². The quantitative estimate of drug-likeness (QED) is 0.767. The molecule has 1 atom stereocenters. The van der Waals surface area contributed by atoms with Crippen molar-refractivity contribution in [2.75, 3.05) is 0 Å². The van der Waals surface area contributed by atoms with Crippen LogP contribution in [0.4, 0.5) is 0 Å². The zero-order valence-electron chi connectivity index (χ0n) is 9.67. The van der Waals surface area contributed by atoms with E-state index in [9.17, 15) is 0 Å². The second-order valence-electron chi connectivity index (χ2n) is 4.51. The monoisotopic (exact) mass is 191 g/mol. The van der Waals surface area contributed by atoms with E-state index in [4.69, 9.17) is 0 Å². The van der Waals surface area contributed by atoms with Gasteiger partial charge in [-0.1, -0.05) is 37.3 Å². The van der Waals surface area contributed by atoms with Gasteiger partial charge in [-0.05, 0) is 32.8 Å². The third kappa shape index (κ3) is 3.15. The first-order chi connectivity index (χ1) is 6.55. The number of hydrogen-bond donors (Lipinski definition) is 1. The molecule has 0 saturated carbocycles. The standard InChI is InChI=1S/C13H21N/c1-5-13(3,4)14-11(2)12-9-7-6-8-10-12/h6-11,14H,5H2,1-4H3. The lowest BCUT2D eigenvalue weighted by molar-refractivity contribution is 0.337. The Bertz CT molecular complexity index is 264. The van der Waals surface area contributed by atoms with E-state index in [2.05, 4.69) is 63.3 Å². The summed E-state index contributed by atoms with van der Waals surface area (Å²) in [5.74, 6) is 0. The fourth-order valence-corrected chi connectivity index (χ4v) is 1.51. The highest BCUT2D eigenvalue weighted by atomic mass is 15.0. The molecule has 0 saturated heterocycles. The predicted molar refractivity (Wildman–Crippen MR) is 62.4 cm³/mol. The van der Waals surface area contributed by atoms with Gasteiger partial charge in [-0.3, -0.25) is 0 Å². The minimum absolute atomic E-state index is 0.218. The first kappa shape index (κ1) is 11.3. The van der Waals surface area contributed by atoms with Gasteiger partial charge in [0.1, 0.15) is 0 Å². The Morgan fingerprint density at radius 2 is 1.79 bits per heavy atom. The van der Waals surface area contributed by atoms with Gasteiger partial charge < -0.3 is 5.32 Å². The van der Waals surface area contributed by atoms with Crippen LogP contribution in [-0.2, 0) is 0 Å². The van der Waals surface area contributed by atoms with E-state index in [1.807, 2.05) is 0 Å². The fourth-order valence-electron chi connectivity index (χ4n) is 1.51. The van der Waals surface area contributed by atoms with Gasteiger partial charge in [-0.25, -0.2) is 0 Å². The molecule has 0 fully saturated rings. The normalized spacial score (nSPS) is 14.0. The minimum atomic E-state index is 0.218. The molecule has 0 aliphatic carbocycles. The van der Waals surface area contributed by atoms with Gasteiger partial charge in [0, 0.05) is 11.6 Å². The lowest BCUT2D eigenvalue weighted by atomic mass is 9.98. The Morgan fingerprint density at radius 1 is 1.21 bits per heavy atom. The summed E-state index contributed by atoms with van der Waals surface area (Å²) < 4.78 is 0. The molecule has 1 aromatic rings. The predicted octanol–water partition coefficient (Wildman–Crippen LogP) is 3.53. The van der Waals surface area contributed by atoms with Crippen molar-refractivity contribution in [3.05, 3.63) is 35.9 Å². The van der Waals surface area contributed by atoms with Crippen LogP contribution in [0.5, 0.6) is 0 Å². The molecule has 1 heteroatoms. The van der Waals surface area contributed by atoms with Crippen LogP contribution in [0.3, 0.4) is 0 Å². The SMILES string of the molecule is CCC(C)(C)NC(C)c1ccccc1. The largest absolute Gasteiger partial charge is 0.305 e. The van der Waals surface area contributed by atoms with Crippen LogP contribution < -0.4 is 5.32 Å². The van der Waals surface area contributed by atoms with Crippen LogP contribution in [0, 0.1) is 0 Å².